The Labute approximate surface area is 103 Å². The summed E-state index contributed by atoms with van der Waals surface area (Å²) in [5, 5.41) is 3.38. The fourth-order valence-corrected chi connectivity index (χ4v) is 3.23. The number of rotatable bonds is 3. The molecule has 0 aromatic heterocycles. The maximum absolute atomic E-state index is 11.7. The van der Waals surface area contributed by atoms with E-state index in [1.54, 1.807) is 12.1 Å². The van der Waals surface area contributed by atoms with Crippen molar-refractivity contribution < 1.29 is 8.42 Å². The molecule has 0 aliphatic heterocycles. The maximum Gasteiger partial charge on any atom is 0.177 e. The van der Waals surface area contributed by atoms with Gasteiger partial charge in [-0.25, -0.2) is 8.42 Å². The Bertz CT molecular complexity index is 476. The van der Waals surface area contributed by atoms with Gasteiger partial charge in [-0.05, 0) is 25.0 Å². The highest BCUT2D eigenvalue weighted by atomic mass is 32.2. The van der Waals surface area contributed by atoms with Gasteiger partial charge in [0.05, 0.1) is 10.6 Å². The molecule has 1 aliphatic carbocycles. The predicted octanol–water partition coefficient (Wildman–Crippen LogP) is 2.83. The Balaban J connectivity index is 2.20. The Morgan fingerprint density at radius 2 is 1.76 bits per heavy atom. The molecule has 3 nitrogen and oxygen atoms in total. The third kappa shape index (κ3) is 3.22. The first-order chi connectivity index (χ1) is 8.07. The van der Waals surface area contributed by atoms with Crippen molar-refractivity contribution in [1.29, 1.82) is 0 Å². The second-order valence-corrected chi connectivity index (χ2v) is 6.73. The number of benzene rings is 1. The fraction of sp³-hybridized carbons (Fsp3) is 0.538. The molecule has 17 heavy (non-hydrogen) atoms. The zero-order valence-corrected chi connectivity index (χ0v) is 11.0. The van der Waals surface area contributed by atoms with Gasteiger partial charge in [0.15, 0.2) is 9.84 Å². The molecule has 0 radical (unpaired) electrons. The molecule has 4 heteroatoms. The highest BCUT2D eigenvalue weighted by molar-refractivity contribution is 7.90. The van der Waals surface area contributed by atoms with Crippen LogP contribution in [0.5, 0.6) is 0 Å². The summed E-state index contributed by atoms with van der Waals surface area (Å²) in [6, 6.07) is 7.58. The molecule has 0 amide bonds. The van der Waals surface area contributed by atoms with Crippen LogP contribution < -0.4 is 5.32 Å². The van der Waals surface area contributed by atoms with Crippen molar-refractivity contribution in [2.75, 3.05) is 11.6 Å². The van der Waals surface area contributed by atoms with Gasteiger partial charge in [-0.15, -0.1) is 0 Å². The summed E-state index contributed by atoms with van der Waals surface area (Å²) in [5.74, 6) is 0. The van der Waals surface area contributed by atoms with Crippen LogP contribution in [-0.4, -0.2) is 20.7 Å². The Kier molecular flexibility index (Phi) is 3.72. The lowest BCUT2D eigenvalue weighted by Gasteiger charge is -2.24. The molecule has 0 atom stereocenters. The van der Waals surface area contributed by atoms with Crippen LogP contribution >= 0.6 is 0 Å². The molecule has 1 saturated carbocycles. The molecule has 0 saturated heterocycles. The van der Waals surface area contributed by atoms with E-state index in [2.05, 4.69) is 5.32 Å². The third-order valence-electron chi connectivity index (χ3n) is 3.25. The Hall–Kier alpha value is -1.03. The van der Waals surface area contributed by atoms with Gasteiger partial charge < -0.3 is 5.32 Å². The van der Waals surface area contributed by atoms with Gasteiger partial charge >= 0.3 is 0 Å². The first kappa shape index (κ1) is 12.4. The van der Waals surface area contributed by atoms with Crippen LogP contribution in [0, 0.1) is 0 Å². The Morgan fingerprint density at radius 3 is 2.41 bits per heavy atom. The lowest BCUT2D eigenvalue weighted by molar-refractivity contribution is 0.462. The molecule has 1 N–H and O–H groups in total. The van der Waals surface area contributed by atoms with E-state index in [1.807, 2.05) is 12.1 Å². The highest BCUT2D eigenvalue weighted by Gasteiger charge is 2.17. The molecule has 94 valence electrons. The van der Waals surface area contributed by atoms with E-state index in [9.17, 15) is 8.42 Å². The average molecular weight is 253 g/mol. The summed E-state index contributed by atoms with van der Waals surface area (Å²) in [4.78, 5) is 0.408. The summed E-state index contributed by atoms with van der Waals surface area (Å²) in [7, 11) is -3.15. The lowest BCUT2D eigenvalue weighted by atomic mass is 9.95. The van der Waals surface area contributed by atoms with Gasteiger partial charge in [-0.1, -0.05) is 31.4 Å². The van der Waals surface area contributed by atoms with Crippen molar-refractivity contribution in [1.82, 2.24) is 0 Å². The number of nitrogens with one attached hydrogen (secondary N) is 1. The molecule has 1 aliphatic rings. The van der Waals surface area contributed by atoms with E-state index in [0.29, 0.717) is 10.9 Å². The van der Waals surface area contributed by atoms with Gasteiger partial charge in [0.1, 0.15) is 0 Å². The minimum atomic E-state index is -3.15. The van der Waals surface area contributed by atoms with Crippen LogP contribution in [0.3, 0.4) is 0 Å². The quantitative estimate of drug-likeness (QED) is 0.901. The van der Waals surface area contributed by atoms with E-state index >= 15 is 0 Å². The number of para-hydroxylation sites is 1. The lowest BCUT2D eigenvalue weighted by Crippen LogP contribution is -2.23. The minimum absolute atomic E-state index is 0.408. The topological polar surface area (TPSA) is 46.2 Å². The van der Waals surface area contributed by atoms with Gasteiger partial charge in [0.25, 0.3) is 0 Å². The van der Waals surface area contributed by atoms with Crippen LogP contribution in [0.15, 0.2) is 29.2 Å². The molecule has 1 aromatic rings. The van der Waals surface area contributed by atoms with Crippen molar-refractivity contribution >= 4 is 15.5 Å². The zero-order chi connectivity index (χ0) is 12.3. The predicted molar refractivity (Wildman–Crippen MR) is 70.0 cm³/mol. The molecular weight excluding hydrogens is 234 g/mol. The van der Waals surface area contributed by atoms with Crippen molar-refractivity contribution in [2.45, 2.75) is 43.0 Å². The van der Waals surface area contributed by atoms with Crippen molar-refractivity contribution in [3.63, 3.8) is 0 Å². The summed E-state index contributed by atoms with van der Waals surface area (Å²) in [6.45, 7) is 0. The molecule has 1 fully saturated rings. The SMILES string of the molecule is CS(=O)(=O)c1ccccc1NC1CCCCC1. The maximum atomic E-state index is 11.7. The van der Waals surface area contributed by atoms with E-state index in [1.165, 1.54) is 25.5 Å². The standard InChI is InChI=1S/C13H19NO2S/c1-17(15,16)13-10-6-5-9-12(13)14-11-7-3-2-4-8-11/h5-6,9-11,14H,2-4,7-8H2,1H3. The van der Waals surface area contributed by atoms with Gasteiger partial charge in [-0.2, -0.15) is 0 Å². The molecule has 1 aromatic carbocycles. The second-order valence-electron chi connectivity index (χ2n) is 4.75. The van der Waals surface area contributed by atoms with Crippen LogP contribution in [0.4, 0.5) is 5.69 Å². The summed E-state index contributed by atoms with van der Waals surface area (Å²) in [6.07, 6.45) is 7.30. The van der Waals surface area contributed by atoms with E-state index < -0.39 is 9.84 Å². The summed E-state index contributed by atoms with van der Waals surface area (Å²) >= 11 is 0. The smallest absolute Gasteiger partial charge is 0.177 e. The van der Waals surface area contributed by atoms with Gasteiger partial charge in [-0.3, -0.25) is 0 Å². The zero-order valence-electron chi connectivity index (χ0n) is 10.1. The van der Waals surface area contributed by atoms with Crippen LogP contribution in [-0.2, 0) is 9.84 Å². The average Bonchev–Trinajstić information content (AvgIpc) is 2.30. The van der Waals surface area contributed by atoms with Gasteiger partial charge in [0, 0.05) is 12.3 Å². The number of hydrogen-bond acceptors (Lipinski definition) is 3. The van der Waals surface area contributed by atoms with Crippen molar-refractivity contribution in [3.8, 4) is 0 Å². The van der Waals surface area contributed by atoms with E-state index in [0.717, 1.165) is 18.5 Å². The Morgan fingerprint density at radius 1 is 1.12 bits per heavy atom. The molecular formula is C13H19NO2S. The number of anilines is 1. The fourth-order valence-electron chi connectivity index (χ4n) is 2.38. The van der Waals surface area contributed by atoms with Crippen LogP contribution in [0.1, 0.15) is 32.1 Å². The monoisotopic (exact) mass is 253 g/mol. The summed E-state index contributed by atoms with van der Waals surface area (Å²) < 4.78 is 23.3. The first-order valence-corrected chi connectivity index (χ1v) is 8.02. The molecule has 0 heterocycles. The highest BCUT2D eigenvalue weighted by Crippen LogP contribution is 2.26. The normalized spacial score (nSPS) is 17.9. The molecule has 0 bridgehead atoms. The second kappa shape index (κ2) is 5.08. The number of sulfone groups is 1. The van der Waals surface area contributed by atoms with Gasteiger partial charge in [0.2, 0.25) is 0 Å². The van der Waals surface area contributed by atoms with Crippen LogP contribution in [0.25, 0.3) is 0 Å². The molecule has 0 unspecified atom stereocenters. The summed E-state index contributed by atoms with van der Waals surface area (Å²) in [5.41, 5.74) is 0.752. The van der Waals surface area contributed by atoms with E-state index in [4.69, 9.17) is 0 Å². The third-order valence-corrected chi connectivity index (χ3v) is 4.41. The largest absolute Gasteiger partial charge is 0.381 e. The first-order valence-electron chi connectivity index (χ1n) is 6.13. The van der Waals surface area contributed by atoms with E-state index in [-0.39, 0.29) is 0 Å². The van der Waals surface area contributed by atoms with Crippen molar-refractivity contribution in [3.05, 3.63) is 24.3 Å². The minimum Gasteiger partial charge on any atom is -0.381 e. The van der Waals surface area contributed by atoms with Crippen molar-refractivity contribution in [2.24, 2.45) is 0 Å². The van der Waals surface area contributed by atoms with Crippen LogP contribution in [0.2, 0.25) is 0 Å². The molecule has 2 rings (SSSR count). The number of hydrogen-bond donors (Lipinski definition) is 1. The molecule has 0 spiro atoms.